The van der Waals surface area contributed by atoms with Gasteiger partial charge < -0.3 is 28.4 Å². The fourth-order valence-corrected chi connectivity index (χ4v) is 6.54. The molecule has 0 radical (unpaired) electrons. The monoisotopic (exact) mass is 726 g/mol. The average molecular weight is 727 g/mol. The topological polar surface area (TPSA) is 89.5 Å². The Hall–Kier alpha value is -6.45. The summed E-state index contributed by atoms with van der Waals surface area (Å²) >= 11 is 0. The molecule has 0 atom stereocenters. The van der Waals surface area contributed by atoms with Gasteiger partial charge in [0.05, 0.1) is 22.3 Å². The highest BCUT2D eigenvalue weighted by molar-refractivity contribution is 7.91. The van der Waals surface area contributed by atoms with Gasteiger partial charge in [0.2, 0.25) is 9.84 Å². The molecular weight excluding hydrogens is 689 g/mol. The molecule has 0 aromatic heterocycles. The van der Waals surface area contributed by atoms with Crippen molar-refractivity contribution in [3.8, 4) is 56.8 Å². The lowest BCUT2D eigenvalue weighted by Crippen LogP contribution is -2.03. The van der Waals surface area contributed by atoms with Crippen LogP contribution in [0.4, 0.5) is 0 Å². The molecule has 6 rings (SSSR count). The zero-order valence-electron chi connectivity index (χ0n) is 28.9. The van der Waals surface area contributed by atoms with E-state index >= 15 is 0 Å². The molecule has 0 aliphatic heterocycles. The number of hydrogen-bond donors (Lipinski definition) is 0. The SMILES string of the molecule is C=COCCOc1ccc(-c2ccc(Oc3ccc(S(=O)(=O)c4ccc(Oc5ccc(-c6ccc(OCCOC=C)cc6)cc5)cc4)cc3)cc2)cc1. The van der Waals surface area contributed by atoms with Crippen molar-refractivity contribution in [2.45, 2.75) is 9.79 Å². The molecule has 0 aliphatic rings. The molecule has 0 amide bonds. The van der Waals surface area contributed by atoms with Crippen LogP contribution in [0.2, 0.25) is 0 Å². The number of ether oxygens (including phenoxy) is 6. The van der Waals surface area contributed by atoms with Crippen molar-refractivity contribution in [2.24, 2.45) is 0 Å². The largest absolute Gasteiger partial charge is 0.498 e. The highest BCUT2D eigenvalue weighted by Gasteiger charge is 2.18. The maximum atomic E-state index is 13.4. The Kier molecular flexibility index (Phi) is 12.1. The predicted molar refractivity (Wildman–Crippen MR) is 206 cm³/mol. The van der Waals surface area contributed by atoms with E-state index < -0.39 is 9.84 Å². The first kappa shape index (κ1) is 36.3. The second kappa shape index (κ2) is 17.7. The molecule has 0 bridgehead atoms. The lowest BCUT2D eigenvalue weighted by Gasteiger charge is -2.10. The molecule has 6 aromatic carbocycles. The third-order valence-corrected chi connectivity index (χ3v) is 9.78. The molecule has 8 nitrogen and oxygen atoms in total. The van der Waals surface area contributed by atoms with E-state index in [1.165, 1.54) is 36.8 Å². The van der Waals surface area contributed by atoms with E-state index in [1.54, 1.807) is 24.3 Å². The summed E-state index contributed by atoms with van der Waals surface area (Å²) in [6.45, 7) is 8.78. The normalized spacial score (nSPS) is 10.9. The van der Waals surface area contributed by atoms with E-state index in [0.717, 1.165) is 33.8 Å². The Balaban J connectivity index is 1.01. The van der Waals surface area contributed by atoms with E-state index in [4.69, 9.17) is 28.4 Å². The van der Waals surface area contributed by atoms with Crippen molar-refractivity contribution in [3.05, 3.63) is 171 Å². The molecule has 0 fully saturated rings. The Labute approximate surface area is 310 Å². The van der Waals surface area contributed by atoms with Gasteiger partial charge in [-0.05, 0) is 119 Å². The quantitative estimate of drug-likeness (QED) is 0.0639. The zero-order valence-corrected chi connectivity index (χ0v) is 29.7. The number of sulfone groups is 1. The summed E-state index contributed by atoms with van der Waals surface area (Å²) in [6.07, 6.45) is 2.78. The fraction of sp³-hybridized carbons (Fsp3) is 0.0909. The maximum absolute atomic E-state index is 13.4. The Morgan fingerprint density at radius 2 is 0.642 bits per heavy atom. The zero-order chi connectivity index (χ0) is 36.9. The molecule has 9 heteroatoms. The predicted octanol–water partition coefficient (Wildman–Crippen LogP) is 10.5. The summed E-state index contributed by atoms with van der Waals surface area (Å²) in [4.78, 5) is 0.317. The number of rotatable bonds is 18. The van der Waals surface area contributed by atoms with Crippen LogP contribution >= 0.6 is 0 Å². The first-order valence-electron chi connectivity index (χ1n) is 16.8. The van der Waals surface area contributed by atoms with Crippen molar-refractivity contribution in [1.29, 1.82) is 0 Å². The van der Waals surface area contributed by atoms with Gasteiger partial charge in [0, 0.05) is 0 Å². The lowest BCUT2D eigenvalue weighted by atomic mass is 10.1. The molecular formula is C44H38O8S. The van der Waals surface area contributed by atoms with Crippen LogP contribution in [0, 0.1) is 0 Å². The highest BCUT2D eigenvalue weighted by Crippen LogP contribution is 2.31. The molecule has 0 spiro atoms. The van der Waals surface area contributed by atoms with Gasteiger partial charge in [-0.2, -0.15) is 0 Å². The molecule has 0 aliphatic carbocycles. The minimum absolute atomic E-state index is 0.159. The van der Waals surface area contributed by atoms with E-state index in [1.807, 2.05) is 97.1 Å². The van der Waals surface area contributed by atoms with Gasteiger partial charge in [-0.3, -0.25) is 0 Å². The third-order valence-electron chi connectivity index (χ3n) is 8.00. The second-order valence-corrected chi connectivity index (χ2v) is 13.5. The summed E-state index contributed by atoms with van der Waals surface area (Å²) in [6, 6.07) is 43.7. The summed E-state index contributed by atoms with van der Waals surface area (Å²) in [5.74, 6) is 3.81. The molecule has 0 saturated carbocycles. The molecule has 0 N–H and O–H groups in total. The maximum Gasteiger partial charge on any atom is 0.206 e. The summed E-state index contributed by atoms with van der Waals surface area (Å²) < 4.78 is 60.2. The Bertz CT molecular complexity index is 2020. The molecule has 6 aromatic rings. The molecule has 268 valence electrons. The van der Waals surface area contributed by atoms with Crippen molar-refractivity contribution >= 4 is 9.84 Å². The minimum atomic E-state index is -3.76. The summed E-state index contributed by atoms with van der Waals surface area (Å²) in [5.41, 5.74) is 4.11. The van der Waals surface area contributed by atoms with Crippen LogP contribution in [0.3, 0.4) is 0 Å². The van der Waals surface area contributed by atoms with E-state index in [-0.39, 0.29) is 9.79 Å². The molecule has 0 saturated heterocycles. The van der Waals surface area contributed by atoms with E-state index in [9.17, 15) is 8.42 Å². The van der Waals surface area contributed by atoms with Crippen molar-refractivity contribution in [1.82, 2.24) is 0 Å². The van der Waals surface area contributed by atoms with Crippen LogP contribution in [-0.4, -0.2) is 34.8 Å². The van der Waals surface area contributed by atoms with Crippen LogP contribution in [0.5, 0.6) is 34.5 Å². The van der Waals surface area contributed by atoms with Gasteiger partial charge >= 0.3 is 0 Å². The van der Waals surface area contributed by atoms with Crippen LogP contribution in [0.15, 0.2) is 181 Å². The summed E-state index contributed by atoms with van der Waals surface area (Å²) in [7, 11) is -3.76. The molecule has 53 heavy (non-hydrogen) atoms. The van der Waals surface area contributed by atoms with Crippen molar-refractivity contribution in [2.75, 3.05) is 26.4 Å². The molecule has 0 heterocycles. The highest BCUT2D eigenvalue weighted by atomic mass is 32.2. The van der Waals surface area contributed by atoms with Gasteiger partial charge in [-0.25, -0.2) is 8.42 Å². The first-order valence-corrected chi connectivity index (χ1v) is 18.3. The lowest BCUT2D eigenvalue weighted by molar-refractivity contribution is 0.179. The van der Waals surface area contributed by atoms with Crippen LogP contribution in [0.1, 0.15) is 0 Å². The Morgan fingerprint density at radius 1 is 0.377 bits per heavy atom. The fourth-order valence-electron chi connectivity index (χ4n) is 5.28. The second-order valence-electron chi connectivity index (χ2n) is 11.5. The smallest absolute Gasteiger partial charge is 0.206 e. The number of benzene rings is 6. The van der Waals surface area contributed by atoms with Crippen LogP contribution in [-0.2, 0) is 19.3 Å². The van der Waals surface area contributed by atoms with Gasteiger partial charge in [0.15, 0.2) is 0 Å². The Morgan fingerprint density at radius 3 is 0.925 bits per heavy atom. The number of hydrogen-bond acceptors (Lipinski definition) is 8. The first-order chi connectivity index (χ1) is 25.9. The summed E-state index contributed by atoms with van der Waals surface area (Å²) in [5, 5.41) is 0. The van der Waals surface area contributed by atoms with Gasteiger partial charge in [0.25, 0.3) is 0 Å². The van der Waals surface area contributed by atoms with Gasteiger partial charge in [-0.15, -0.1) is 0 Å². The van der Waals surface area contributed by atoms with Crippen molar-refractivity contribution in [3.63, 3.8) is 0 Å². The van der Waals surface area contributed by atoms with E-state index in [2.05, 4.69) is 13.2 Å². The van der Waals surface area contributed by atoms with Gasteiger partial charge in [-0.1, -0.05) is 61.7 Å². The van der Waals surface area contributed by atoms with Crippen LogP contribution < -0.4 is 18.9 Å². The standard InChI is InChI=1S/C44H38O8S/c1-3-47-29-31-49-37-13-5-33(6-14-37)35-9-17-39(18-10-35)51-41-21-25-43(26-22-41)53(45,46)44-27-23-42(24-28-44)52-40-19-11-36(12-20-40)34-7-15-38(16-8-34)50-32-30-48-4-2/h3-28H,1-2,29-32H2. The van der Waals surface area contributed by atoms with Gasteiger partial charge in [0.1, 0.15) is 60.9 Å². The van der Waals surface area contributed by atoms with E-state index in [0.29, 0.717) is 49.4 Å². The minimum Gasteiger partial charge on any atom is -0.498 e. The third kappa shape index (κ3) is 9.87. The molecule has 0 unspecified atom stereocenters. The van der Waals surface area contributed by atoms with Crippen LogP contribution in [0.25, 0.3) is 22.3 Å². The van der Waals surface area contributed by atoms with Crippen molar-refractivity contribution < 1.29 is 36.8 Å². The average Bonchev–Trinajstić information content (AvgIpc) is 3.20.